The van der Waals surface area contributed by atoms with Crippen molar-refractivity contribution in [3.05, 3.63) is 34.9 Å². The highest BCUT2D eigenvalue weighted by molar-refractivity contribution is 8.21. The van der Waals surface area contributed by atoms with Gasteiger partial charge in [-0.3, -0.25) is 18.7 Å². The van der Waals surface area contributed by atoms with Crippen molar-refractivity contribution < 1.29 is 18.7 Å². The molecule has 184 valence electrons. The van der Waals surface area contributed by atoms with Crippen LogP contribution in [0.15, 0.2) is 24.3 Å². The van der Waals surface area contributed by atoms with Crippen LogP contribution in [-0.4, -0.2) is 62.4 Å². The van der Waals surface area contributed by atoms with Crippen LogP contribution in [0.5, 0.6) is 0 Å². The van der Waals surface area contributed by atoms with E-state index in [0.717, 1.165) is 18.7 Å². The molecule has 2 aliphatic heterocycles. The highest BCUT2D eigenvalue weighted by Crippen LogP contribution is 2.45. The molecular formula is C23H30ClN5O4S. The second-order valence-electron chi connectivity index (χ2n) is 9.38. The summed E-state index contributed by atoms with van der Waals surface area (Å²) in [5.74, 6) is 0.710. The van der Waals surface area contributed by atoms with Crippen LogP contribution in [0.4, 0.5) is 5.82 Å². The fourth-order valence-corrected chi connectivity index (χ4v) is 6.91. The van der Waals surface area contributed by atoms with E-state index < -0.39 is 11.0 Å². The largest absolute Gasteiger partial charge is 0.355 e. The number of hydrogen-bond donors (Lipinski definition) is 4. The highest BCUT2D eigenvalue weighted by atomic mass is 35.5. The predicted octanol–water partition coefficient (Wildman–Crippen LogP) is 3.79. The molecule has 1 aromatic heterocycles. The average Bonchev–Trinajstić information content (AvgIpc) is 3.41. The monoisotopic (exact) mass is 507 g/mol. The lowest BCUT2D eigenvalue weighted by Gasteiger charge is -2.38. The van der Waals surface area contributed by atoms with Crippen LogP contribution in [0, 0.1) is 5.92 Å². The number of halogens is 1. The molecule has 0 bridgehead atoms. The molecule has 4 N–H and O–H groups in total. The van der Waals surface area contributed by atoms with Crippen molar-refractivity contribution in [1.29, 1.82) is 0 Å². The number of hydrogen-bond acceptors (Lipinski definition) is 7. The van der Waals surface area contributed by atoms with Crippen LogP contribution in [-0.2, 0) is 4.79 Å². The number of fused-ring (bicyclic) bond motifs is 1. The summed E-state index contributed by atoms with van der Waals surface area (Å²) in [4.78, 5) is 31.5. The van der Waals surface area contributed by atoms with Gasteiger partial charge in [0.2, 0.25) is 0 Å². The van der Waals surface area contributed by atoms with Gasteiger partial charge in [0.05, 0.1) is 22.1 Å². The quantitative estimate of drug-likeness (QED) is 0.486. The smallest absolute Gasteiger partial charge is 0.255 e. The normalized spacial score (nSPS) is 24.4. The van der Waals surface area contributed by atoms with Gasteiger partial charge in [-0.1, -0.05) is 30.9 Å². The number of carbonyl (C=O) groups excluding carboxylic acids is 2. The third kappa shape index (κ3) is 4.70. The van der Waals surface area contributed by atoms with Crippen molar-refractivity contribution in [2.45, 2.75) is 44.6 Å². The molecular weight excluding hydrogens is 478 g/mol. The van der Waals surface area contributed by atoms with Gasteiger partial charge < -0.3 is 10.2 Å². The van der Waals surface area contributed by atoms with Crippen LogP contribution in [0.3, 0.4) is 0 Å². The summed E-state index contributed by atoms with van der Waals surface area (Å²) < 4.78 is 24.0. The third-order valence-corrected chi connectivity index (χ3v) is 8.98. The summed E-state index contributed by atoms with van der Waals surface area (Å²) in [6, 6.07) is 7.09. The van der Waals surface area contributed by atoms with Gasteiger partial charge in [-0.2, -0.15) is 4.31 Å². The first-order chi connectivity index (χ1) is 16.3. The summed E-state index contributed by atoms with van der Waals surface area (Å²) in [6.07, 6.45) is 6.72. The second-order valence-corrected chi connectivity index (χ2v) is 11.5. The van der Waals surface area contributed by atoms with Gasteiger partial charge in [0, 0.05) is 25.0 Å². The summed E-state index contributed by atoms with van der Waals surface area (Å²) >= 11 is 6.43. The number of rotatable bonds is 5. The number of nitrogens with one attached hydrogen (secondary N) is 2. The molecule has 2 amide bonds. The molecule has 2 saturated heterocycles. The Balaban J connectivity index is 1.32. The summed E-state index contributed by atoms with van der Waals surface area (Å²) in [7, 11) is -3.27. The standard InChI is InChI=1S/C23H30ClN5O4S/c24-18-7-8-19-17(22(18)23(31)25-12-15-4-2-1-3-5-15)6-9-20(26-19)28-11-10-16(13-28)29-14-21(30)27-34(29,32)33/h6-9,15-16,32-33H,1-5,10-14H2,(H,25,31)(H,27,30). The maximum atomic E-state index is 13.0. The maximum Gasteiger partial charge on any atom is 0.255 e. The number of nitrogens with zero attached hydrogens (tertiary/aromatic N) is 3. The maximum absolute atomic E-state index is 13.0. The number of anilines is 1. The fraction of sp³-hybridized carbons (Fsp3) is 0.522. The van der Waals surface area contributed by atoms with Crippen molar-refractivity contribution in [3.8, 4) is 0 Å². The van der Waals surface area contributed by atoms with Gasteiger partial charge in [-0.25, -0.2) is 9.71 Å². The van der Waals surface area contributed by atoms with Gasteiger partial charge in [-0.05, 0) is 60.4 Å². The van der Waals surface area contributed by atoms with Crippen molar-refractivity contribution in [1.82, 2.24) is 19.3 Å². The summed E-state index contributed by atoms with van der Waals surface area (Å²) in [6.45, 7) is 1.83. The van der Waals surface area contributed by atoms with E-state index >= 15 is 0 Å². The Morgan fingerprint density at radius 3 is 2.71 bits per heavy atom. The average molecular weight is 508 g/mol. The van der Waals surface area contributed by atoms with Crippen molar-refractivity contribution in [2.24, 2.45) is 5.92 Å². The lowest BCUT2D eigenvalue weighted by Crippen LogP contribution is -2.38. The Bertz CT molecular complexity index is 1110. The van der Waals surface area contributed by atoms with Gasteiger partial charge in [-0.15, -0.1) is 0 Å². The van der Waals surface area contributed by atoms with Gasteiger partial charge in [0.25, 0.3) is 11.8 Å². The molecule has 5 rings (SSSR count). The lowest BCUT2D eigenvalue weighted by molar-refractivity contribution is -0.118. The van der Waals surface area contributed by atoms with Crippen LogP contribution in [0.25, 0.3) is 10.9 Å². The number of benzene rings is 1. The first kappa shape index (κ1) is 23.6. The Morgan fingerprint density at radius 2 is 1.97 bits per heavy atom. The number of carbonyl (C=O) groups is 2. The van der Waals surface area contributed by atoms with Crippen LogP contribution in [0.2, 0.25) is 5.02 Å². The van der Waals surface area contributed by atoms with Crippen LogP contribution < -0.4 is 14.9 Å². The molecule has 3 aliphatic rings. The summed E-state index contributed by atoms with van der Waals surface area (Å²) in [5, 5.41) is 4.18. The first-order valence-electron chi connectivity index (χ1n) is 11.8. The molecule has 3 fully saturated rings. The Morgan fingerprint density at radius 1 is 1.18 bits per heavy atom. The SMILES string of the molecule is O=C1CN(C2CCN(c3ccc4c(C(=O)NCC5CCCCC5)c(Cl)ccc4n3)C2)S(O)(O)N1. The minimum atomic E-state index is -3.27. The van der Waals surface area contributed by atoms with E-state index in [4.69, 9.17) is 16.6 Å². The van der Waals surface area contributed by atoms with Gasteiger partial charge >= 0.3 is 0 Å². The third-order valence-electron chi connectivity index (χ3n) is 7.08. The second kappa shape index (κ2) is 9.50. The van der Waals surface area contributed by atoms with Crippen molar-refractivity contribution in [3.63, 3.8) is 0 Å². The molecule has 34 heavy (non-hydrogen) atoms. The van der Waals surface area contributed by atoms with E-state index in [-0.39, 0.29) is 24.4 Å². The molecule has 1 saturated carbocycles. The Labute approximate surface area is 205 Å². The van der Waals surface area contributed by atoms with Crippen molar-refractivity contribution in [2.75, 3.05) is 31.1 Å². The van der Waals surface area contributed by atoms with Crippen LogP contribution >= 0.6 is 22.6 Å². The van der Waals surface area contributed by atoms with E-state index in [0.29, 0.717) is 53.5 Å². The minimum absolute atomic E-state index is 0.0240. The molecule has 11 heteroatoms. The minimum Gasteiger partial charge on any atom is -0.355 e. The molecule has 1 aliphatic carbocycles. The van der Waals surface area contributed by atoms with Gasteiger partial charge in [0.1, 0.15) is 12.4 Å². The van der Waals surface area contributed by atoms with Crippen LogP contribution in [0.1, 0.15) is 48.9 Å². The number of pyridine rings is 1. The van der Waals surface area contributed by atoms with E-state index in [1.165, 1.54) is 23.6 Å². The van der Waals surface area contributed by atoms with Gasteiger partial charge in [0.15, 0.2) is 0 Å². The molecule has 3 heterocycles. The number of amides is 2. The van der Waals surface area contributed by atoms with E-state index in [1.54, 1.807) is 6.07 Å². The zero-order chi connectivity index (χ0) is 23.9. The molecule has 0 spiro atoms. The van der Waals surface area contributed by atoms with E-state index in [1.807, 2.05) is 18.2 Å². The Hall–Kier alpha value is -2.11. The van der Waals surface area contributed by atoms with E-state index in [9.17, 15) is 18.7 Å². The zero-order valence-corrected chi connectivity index (χ0v) is 20.4. The molecule has 9 nitrogen and oxygen atoms in total. The van der Waals surface area contributed by atoms with Crippen molar-refractivity contribution >= 4 is 51.1 Å². The zero-order valence-electron chi connectivity index (χ0n) is 18.9. The molecule has 1 unspecified atom stereocenters. The molecule has 1 atom stereocenters. The Kier molecular flexibility index (Phi) is 6.60. The lowest BCUT2D eigenvalue weighted by atomic mass is 9.89. The van der Waals surface area contributed by atoms with E-state index in [2.05, 4.69) is 14.9 Å². The summed E-state index contributed by atoms with van der Waals surface area (Å²) in [5.41, 5.74) is 1.12. The predicted molar refractivity (Wildman–Crippen MR) is 134 cm³/mol. The molecule has 2 aromatic rings. The molecule has 1 aromatic carbocycles. The fourth-order valence-electron chi connectivity index (χ4n) is 5.29. The number of aromatic nitrogens is 1. The topological polar surface area (TPSA) is 118 Å². The first-order valence-corrected chi connectivity index (χ1v) is 13.7. The molecule has 0 radical (unpaired) electrons. The highest BCUT2D eigenvalue weighted by Gasteiger charge is 2.42.